The van der Waals surface area contributed by atoms with Crippen molar-refractivity contribution in [2.24, 2.45) is 5.92 Å². The van der Waals surface area contributed by atoms with E-state index in [2.05, 4.69) is 32.9 Å². The maximum absolute atomic E-state index is 2.49. The SMILES string of the molecule is C/C=C/CCCCCCCCCCCC(C)CCCCCCCCCCCCCC. The Morgan fingerprint density at radius 2 is 0.800 bits per heavy atom. The van der Waals surface area contributed by atoms with E-state index in [1.54, 1.807) is 0 Å². The molecule has 0 aliphatic heterocycles. The van der Waals surface area contributed by atoms with Gasteiger partial charge in [-0.2, -0.15) is 0 Å². The molecule has 0 bridgehead atoms. The highest BCUT2D eigenvalue weighted by molar-refractivity contribution is 4.76. The lowest BCUT2D eigenvalue weighted by atomic mass is 9.95. The summed E-state index contributed by atoms with van der Waals surface area (Å²) in [6, 6.07) is 0. The number of unbranched alkanes of at least 4 members (excludes halogenated alkanes) is 20. The van der Waals surface area contributed by atoms with Gasteiger partial charge in [-0.25, -0.2) is 0 Å². The van der Waals surface area contributed by atoms with Gasteiger partial charge in [0.25, 0.3) is 0 Å². The van der Waals surface area contributed by atoms with Gasteiger partial charge in [-0.1, -0.05) is 167 Å². The number of hydrogen-bond acceptors (Lipinski definition) is 0. The van der Waals surface area contributed by atoms with Crippen molar-refractivity contribution in [3.05, 3.63) is 12.2 Å². The molecule has 0 radical (unpaired) electrons. The van der Waals surface area contributed by atoms with Crippen LogP contribution in [0.15, 0.2) is 12.2 Å². The summed E-state index contributed by atoms with van der Waals surface area (Å²) >= 11 is 0. The molecular formula is C30H60. The van der Waals surface area contributed by atoms with Crippen LogP contribution in [0.3, 0.4) is 0 Å². The number of hydrogen-bond donors (Lipinski definition) is 0. The Balaban J connectivity index is 3.14. The Morgan fingerprint density at radius 1 is 0.467 bits per heavy atom. The normalized spacial score (nSPS) is 12.8. The van der Waals surface area contributed by atoms with Gasteiger partial charge in [0, 0.05) is 0 Å². The molecule has 0 heteroatoms. The lowest BCUT2D eigenvalue weighted by Crippen LogP contribution is -1.95. The Labute approximate surface area is 193 Å². The van der Waals surface area contributed by atoms with Crippen molar-refractivity contribution >= 4 is 0 Å². The zero-order chi connectivity index (χ0) is 22.0. The second kappa shape index (κ2) is 26.8. The van der Waals surface area contributed by atoms with Crippen molar-refractivity contribution in [3.63, 3.8) is 0 Å². The quantitative estimate of drug-likeness (QED) is 0.102. The van der Waals surface area contributed by atoms with Gasteiger partial charge in [0.1, 0.15) is 0 Å². The summed E-state index contributed by atoms with van der Waals surface area (Å²) < 4.78 is 0. The van der Waals surface area contributed by atoms with Crippen LogP contribution in [0.1, 0.15) is 175 Å². The van der Waals surface area contributed by atoms with E-state index in [0.29, 0.717) is 0 Å². The molecule has 0 aliphatic carbocycles. The third kappa shape index (κ3) is 25.8. The highest BCUT2D eigenvalue weighted by Gasteiger charge is 2.02. The van der Waals surface area contributed by atoms with Crippen LogP contribution in [0.5, 0.6) is 0 Å². The second-order valence-corrected chi connectivity index (χ2v) is 10.1. The Morgan fingerprint density at radius 3 is 1.17 bits per heavy atom. The average molecular weight is 421 g/mol. The molecular weight excluding hydrogens is 360 g/mol. The van der Waals surface area contributed by atoms with E-state index in [0.717, 1.165) is 5.92 Å². The van der Waals surface area contributed by atoms with Gasteiger partial charge in [0.2, 0.25) is 0 Å². The van der Waals surface area contributed by atoms with E-state index < -0.39 is 0 Å². The summed E-state index contributed by atoms with van der Waals surface area (Å²) in [6.07, 6.45) is 39.4. The lowest BCUT2D eigenvalue weighted by Gasteiger charge is -2.11. The van der Waals surface area contributed by atoms with Crippen molar-refractivity contribution < 1.29 is 0 Å². The molecule has 0 aliphatic rings. The standard InChI is InChI=1S/C30H60/c1-4-6-8-10-12-14-16-18-20-22-24-26-28-30(3)29-27-25-23-21-19-17-15-13-11-9-7-5-2/h4,6,30H,5,7-29H2,1-3H3/b6-4+. The monoisotopic (exact) mass is 420 g/mol. The highest BCUT2D eigenvalue weighted by atomic mass is 14.1. The first-order chi connectivity index (χ1) is 14.8. The minimum absolute atomic E-state index is 0.963. The van der Waals surface area contributed by atoms with E-state index >= 15 is 0 Å². The molecule has 0 amide bonds. The third-order valence-corrected chi connectivity index (χ3v) is 6.85. The van der Waals surface area contributed by atoms with E-state index in [9.17, 15) is 0 Å². The largest absolute Gasteiger partial charge is 0.0917 e. The number of rotatable bonds is 25. The minimum atomic E-state index is 0.963. The summed E-state index contributed by atoms with van der Waals surface area (Å²) in [7, 11) is 0. The smallest absolute Gasteiger partial charge is 0.0351 e. The Hall–Kier alpha value is -0.260. The molecule has 0 aromatic carbocycles. The topological polar surface area (TPSA) is 0 Å². The summed E-state index contributed by atoms with van der Waals surface area (Å²) in [6.45, 7) is 6.92. The van der Waals surface area contributed by atoms with Gasteiger partial charge in [-0.3, -0.25) is 0 Å². The van der Waals surface area contributed by atoms with Crippen molar-refractivity contribution in [1.82, 2.24) is 0 Å². The van der Waals surface area contributed by atoms with E-state index in [-0.39, 0.29) is 0 Å². The van der Waals surface area contributed by atoms with Crippen LogP contribution in [0.4, 0.5) is 0 Å². The molecule has 1 unspecified atom stereocenters. The molecule has 0 heterocycles. The molecule has 0 fully saturated rings. The van der Waals surface area contributed by atoms with Crippen LogP contribution in [0.2, 0.25) is 0 Å². The fourth-order valence-corrected chi connectivity index (χ4v) is 4.64. The maximum atomic E-state index is 2.49. The van der Waals surface area contributed by atoms with Gasteiger partial charge in [0.15, 0.2) is 0 Å². The molecule has 0 saturated heterocycles. The minimum Gasteiger partial charge on any atom is -0.0917 e. The van der Waals surface area contributed by atoms with Crippen LogP contribution in [0, 0.1) is 5.92 Å². The third-order valence-electron chi connectivity index (χ3n) is 6.85. The second-order valence-electron chi connectivity index (χ2n) is 10.1. The lowest BCUT2D eigenvalue weighted by molar-refractivity contribution is 0.430. The van der Waals surface area contributed by atoms with Crippen molar-refractivity contribution in [2.75, 3.05) is 0 Å². The fourth-order valence-electron chi connectivity index (χ4n) is 4.64. The van der Waals surface area contributed by atoms with Gasteiger partial charge >= 0.3 is 0 Å². The molecule has 0 saturated carbocycles. The van der Waals surface area contributed by atoms with Crippen LogP contribution < -0.4 is 0 Å². The first-order valence-corrected chi connectivity index (χ1v) is 14.4. The molecule has 180 valence electrons. The highest BCUT2D eigenvalue weighted by Crippen LogP contribution is 2.19. The molecule has 0 nitrogen and oxygen atoms in total. The average Bonchev–Trinajstić information content (AvgIpc) is 2.75. The van der Waals surface area contributed by atoms with Crippen molar-refractivity contribution in [3.8, 4) is 0 Å². The maximum Gasteiger partial charge on any atom is -0.0351 e. The molecule has 0 spiro atoms. The fraction of sp³-hybridized carbons (Fsp3) is 0.933. The summed E-state index contributed by atoms with van der Waals surface area (Å²) in [5.41, 5.74) is 0. The molecule has 0 aromatic heterocycles. The first kappa shape index (κ1) is 29.7. The Bertz CT molecular complexity index is 316. The van der Waals surface area contributed by atoms with Gasteiger partial charge in [-0.05, 0) is 25.7 Å². The van der Waals surface area contributed by atoms with Crippen molar-refractivity contribution in [2.45, 2.75) is 175 Å². The van der Waals surface area contributed by atoms with Gasteiger partial charge in [-0.15, -0.1) is 0 Å². The van der Waals surface area contributed by atoms with Crippen LogP contribution in [0.25, 0.3) is 0 Å². The van der Waals surface area contributed by atoms with E-state index in [4.69, 9.17) is 0 Å². The molecule has 30 heavy (non-hydrogen) atoms. The summed E-state index contributed by atoms with van der Waals surface area (Å²) in [4.78, 5) is 0. The summed E-state index contributed by atoms with van der Waals surface area (Å²) in [5.74, 6) is 0.963. The van der Waals surface area contributed by atoms with Gasteiger partial charge in [0.05, 0.1) is 0 Å². The van der Waals surface area contributed by atoms with Crippen LogP contribution in [-0.2, 0) is 0 Å². The van der Waals surface area contributed by atoms with Gasteiger partial charge < -0.3 is 0 Å². The number of allylic oxidation sites excluding steroid dienone is 2. The zero-order valence-corrected chi connectivity index (χ0v) is 21.7. The molecule has 1 atom stereocenters. The molecule has 0 N–H and O–H groups in total. The van der Waals surface area contributed by atoms with E-state index in [1.165, 1.54) is 154 Å². The van der Waals surface area contributed by atoms with Crippen LogP contribution in [-0.4, -0.2) is 0 Å². The first-order valence-electron chi connectivity index (χ1n) is 14.4. The molecule has 0 rings (SSSR count). The zero-order valence-electron chi connectivity index (χ0n) is 21.7. The van der Waals surface area contributed by atoms with Crippen LogP contribution >= 0.6 is 0 Å². The predicted molar refractivity (Wildman–Crippen MR) is 140 cm³/mol. The molecule has 0 aromatic rings. The predicted octanol–water partition coefficient (Wildman–Crippen LogP) is 11.6. The Kier molecular flexibility index (Phi) is 26.5. The van der Waals surface area contributed by atoms with Crippen molar-refractivity contribution in [1.29, 1.82) is 0 Å². The van der Waals surface area contributed by atoms with E-state index in [1.807, 2.05) is 0 Å². The summed E-state index contributed by atoms with van der Waals surface area (Å²) in [5, 5.41) is 0.